The predicted molar refractivity (Wildman–Crippen MR) is 87.3 cm³/mol. The molecule has 0 radical (unpaired) electrons. The summed E-state index contributed by atoms with van der Waals surface area (Å²) < 4.78 is 0. The van der Waals surface area contributed by atoms with Crippen molar-refractivity contribution >= 4 is 11.3 Å². The summed E-state index contributed by atoms with van der Waals surface area (Å²) in [6, 6.07) is 9.88. The molecule has 0 N–H and O–H groups in total. The van der Waals surface area contributed by atoms with Crippen molar-refractivity contribution in [2.45, 2.75) is 50.9 Å². The van der Waals surface area contributed by atoms with Crippen LogP contribution in [0.4, 0.5) is 0 Å². The molecule has 108 valence electrons. The van der Waals surface area contributed by atoms with Gasteiger partial charge in [-0.15, -0.1) is 11.3 Å². The van der Waals surface area contributed by atoms with Crippen LogP contribution in [0.15, 0.2) is 29.6 Å². The second-order valence-electron chi connectivity index (χ2n) is 5.80. The third kappa shape index (κ3) is 3.51. The number of benzene rings is 1. The standard InChI is InChI=1S/C18H20N2S/c19-12-14-8-10-15(11-9-14)17-13-21-18(20-17)16-6-4-2-1-3-5-7-16/h8-11,13,16H,1-7H2. The Morgan fingerprint density at radius 1 is 1.00 bits per heavy atom. The van der Waals surface area contributed by atoms with E-state index in [0.717, 1.165) is 11.3 Å². The second kappa shape index (κ2) is 6.87. The first-order valence-electron chi connectivity index (χ1n) is 7.83. The molecule has 1 saturated carbocycles. The zero-order valence-electron chi connectivity index (χ0n) is 12.2. The molecule has 0 unspecified atom stereocenters. The van der Waals surface area contributed by atoms with Crippen molar-refractivity contribution in [1.29, 1.82) is 5.26 Å². The predicted octanol–water partition coefficient (Wildman–Crippen LogP) is 5.51. The van der Waals surface area contributed by atoms with Crippen LogP contribution in [0.1, 0.15) is 61.4 Å². The van der Waals surface area contributed by atoms with Gasteiger partial charge in [-0.25, -0.2) is 4.98 Å². The zero-order chi connectivity index (χ0) is 14.5. The summed E-state index contributed by atoms with van der Waals surface area (Å²) in [6.07, 6.45) is 9.43. The highest BCUT2D eigenvalue weighted by Crippen LogP contribution is 2.34. The Labute approximate surface area is 130 Å². The van der Waals surface area contributed by atoms with Crippen LogP contribution < -0.4 is 0 Å². The van der Waals surface area contributed by atoms with Crippen LogP contribution in [-0.2, 0) is 0 Å². The fraction of sp³-hybridized carbons (Fsp3) is 0.444. The molecule has 0 saturated heterocycles. The Kier molecular flexibility index (Phi) is 4.67. The number of nitrogens with zero attached hydrogens (tertiary/aromatic N) is 2. The van der Waals surface area contributed by atoms with E-state index in [4.69, 9.17) is 10.2 Å². The van der Waals surface area contributed by atoms with Gasteiger partial charge in [-0.3, -0.25) is 0 Å². The lowest BCUT2D eigenvalue weighted by molar-refractivity contribution is 0.454. The molecule has 1 fully saturated rings. The van der Waals surface area contributed by atoms with Gasteiger partial charge in [-0.1, -0.05) is 44.2 Å². The largest absolute Gasteiger partial charge is 0.241 e. The molecule has 3 heteroatoms. The Bertz CT molecular complexity index is 613. The Morgan fingerprint density at radius 3 is 2.33 bits per heavy atom. The Morgan fingerprint density at radius 2 is 1.67 bits per heavy atom. The third-order valence-corrected chi connectivity index (χ3v) is 5.29. The van der Waals surface area contributed by atoms with Gasteiger partial charge in [0, 0.05) is 16.9 Å². The first-order chi connectivity index (χ1) is 10.4. The molecule has 1 aromatic carbocycles. The van der Waals surface area contributed by atoms with E-state index in [2.05, 4.69) is 11.4 Å². The monoisotopic (exact) mass is 296 g/mol. The van der Waals surface area contributed by atoms with E-state index in [9.17, 15) is 0 Å². The van der Waals surface area contributed by atoms with Crippen molar-refractivity contribution < 1.29 is 0 Å². The van der Waals surface area contributed by atoms with E-state index in [1.54, 1.807) is 11.3 Å². The Hall–Kier alpha value is -1.66. The molecule has 0 amide bonds. The van der Waals surface area contributed by atoms with E-state index in [1.165, 1.54) is 50.0 Å². The van der Waals surface area contributed by atoms with Crippen LogP contribution in [0.3, 0.4) is 0 Å². The minimum Gasteiger partial charge on any atom is -0.241 e. The van der Waals surface area contributed by atoms with Gasteiger partial charge in [0.05, 0.1) is 22.3 Å². The van der Waals surface area contributed by atoms with Gasteiger partial charge in [0.25, 0.3) is 0 Å². The van der Waals surface area contributed by atoms with Crippen molar-refractivity contribution in [3.8, 4) is 17.3 Å². The van der Waals surface area contributed by atoms with E-state index < -0.39 is 0 Å². The molecule has 2 aromatic rings. The molecule has 0 bridgehead atoms. The quantitative estimate of drug-likeness (QED) is 0.732. The van der Waals surface area contributed by atoms with Crippen molar-refractivity contribution in [1.82, 2.24) is 4.98 Å². The van der Waals surface area contributed by atoms with Gasteiger partial charge in [0.2, 0.25) is 0 Å². The van der Waals surface area contributed by atoms with Crippen LogP contribution in [-0.4, -0.2) is 4.98 Å². The van der Waals surface area contributed by atoms with E-state index in [0.29, 0.717) is 11.5 Å². The zero-order valence-corrected chi connectivity index (χ0v) is 13.0. The van der Waals surface area contributed by atoms with Crippen molar-refractivity contribution in [2.75, 3.05) is 0 Å². The SMILES string of the molecule is N#Cc1ccc(-c2csc(C3CCCCCCC3)n2)cc1. The van der Waals surface area contributed by atoms with Gasteiger partial charge in [-0.05, 0) is 25.0 Å². The summed E-state index contributed by atoms with van der Waals surface area (Å²) in [5.74, 6) is 0.655. The van der Waals surface area contributed by atoms with Crippen molar-refractivity contribution in [2.24, 2.45) is 0 Å². The lowest BCUT2D eigenvalue weighted by Crippen LogP contribution is -2.01. The van der Waals surface area contributed by atoms with Gasteiger partial charge in [0.1, 0.15) is 0 Å². The lowest BCUT2D eigenvalue weighted by atomic mass is 9.92. The van der Waals surface area contributed by atoms with Crippen LogP contribution in [0.25, 0.3) is 11.3 Å². The van der Waals surface area contributed by atoms with Crippen LogP contribution in [0, 0.1) is 11.3 Å². The summed E-state index contributed by atoms with van der Waals surface area (Å²) in [7, 11) is 0. The average molecular weight is 296 g/mol. The van der Waals surface area contributed by atoms with Crippen LogP contribution in [0.2, 0.25) is 0 Å². The highest BCUT2D eigenvalue weighted by molar-refractivity contribution is 7.10. The summed E-state index contributed by atoms with van der Waals surface area (Å²) in [4.78, 5) is 4.87. The fourth-order valence-electron chi connectivity index (χ4n) is 3.03. The van der Waals surface area contributed by atoms with E-state index >= 15 is 0 Å². The summed E-state index contributed by atoms with van der Waals surface area (Å²) in [5, 5.41) is 12.3. The summed E-state index contributed by atoms with van der Waals surface area (Å²) in [6.45, 7) is 0. The summed E-state index contributed by atoms with van der Waals surface area (Å²) in [5.41, 5.74) is 2.87. The van der Waals surface area contributed by atoms with Gasteiger partial charge >= 0.3 is 0 Å². The van der Waals surface area contributed by atoms with Gasteiger partial charge < -0.3 is 0 Å². The normalized spacial score (nSPS) is 16.9. The number of rotatable bonds is 2. The molecule has 1 aromatic heterocycles. The minimum absolute atomic E-state index is 0.655. The maximum atomic E-state index is 8.86. The highest BCUT2D eigenvalue weighted by atomic mass is 32.1. The first kappa shape index (κ1) is 14.3. The van der Waals surface area contributed by atoms with Crippen molar-refractivity contribution in [3.63, 3.8) is 0 Å². The number of hydrogen-bond donors (Lipinski definition) is 0. The van der Waals surface area contributed by atoms with Crippen LogP contribution >= 0.6 is 11.3 Å². The number of aromatic nitrogens is 1. The summed E-state index contributed by atoms with van der Waals surface area (Å²) >= 11 is 1.80. The molecule has 21 heavy (non-hydrogen) atoms. The number of thiazole rings is 1. The lowest BCUT2D eigenvalue weighted by Gasteiger charge is -2.17. The highest BCUT2D eigenvalue weighted by Gasteiger charge is 2.17. The molecule has 1 aliphatic carbocycles. The second-order valence-corrected chi connectivity index (χ2v) is 6.69. The fourth-order valence-corrected chi connectivity index (χ4v) is 4.03. The van der Waals surface area contributed by atoms with Gasteiger partial charge in [-0.2, -0.15) is 5.26 Å². The van der Waals surface area contributed by atoms with Crippen LogP contribution in [0.5, 0.6) is 0 Å². The van der Waals surface area contributed by atoms with E-state index in [1.807, 2.05) is 24.3 Å². The minimum atomic E-state index is 0.655. The molecular formula is C18H20N2S. The molecule has 1 aliphatic rings. The number of nitriles is 1. The molecule has 0 aliphatic heterocycles. The first-order valence-corrected chi connectivity index (χ1v) is 8.71. The Balaban J connectivity index is 1.76. The number of hydrogen-bond acceptors (Lipinski definition) is 3. The third-order valence-electron chi connectivity index (χ3n) is 4.29. The van der Waals surface area contributed by atoms with E-state index in [-0.39, 0.29) is 0 Å². The topological polar surface area (TPSA) is 36.7 Å². The molecule has 3 rings (SSSR count). The van der Waals surface area contributed by atoms with Gasteiger partial charge in [0.15, 0.2) is 0 Å². The molecule has 2 nitrogen and oxygen atoms in total. The van der Waals surface area contributed by atoms with Crippen molar-refractivity contribution in [3.05, 3.63) is 40.2 Å². The molecular weight excluding hydrogens is 276 g/mol. The molecule has 1 heterocycles. The molecule has 0 atom stereocenters. The maximum Gasteiger partial charge on any atom is 0.0991 e. The molecule has 0 spiro atoms. The maximum absolute atomic E-state index is 8.86. The smallest absolute Gasteiger partial charge is 0.0991 e. The average Bonchev–Trinajstić information content (AvgIpc) is 2.97.